The van der Waals surface area contributed by atoms with E-state index in [1.165, 1.54) is 24.9 Å². The van der Waals surface area contributed by atoms with Crippen LogP contribution in [0.4, 0.5) is 0 Å². The van der Waals surface area contributed by atoms with Gasteiger partial charge in [0.15, 0.2) is 6.29 Å². The predicted octanol–water partition coefficient (Wildman–Crippen LogP) is 2.27. The highest BCUT2D eigenvalue weighted by molar-refractivity contribution is 5.14. The molecule has 2 fully saturated rings. The van der Waals surface area contributed by atoms with Gasteiger partial charge in [0.05, 0.1) is 13.2 Å². The van der Waals surface area contributed by atoms with Crippen LogP contribution in [0.3, 0.4) is 0 Å². The van der Waals surface area contributed by atoms with Crippen LogP contribution in [0.15, 0.2) is 30.3 Å². The predicted molar refractivity (Wildman–Crippen MR) is 70.1 cm³/mol. The lowest BCUT2D eigenvalue weighted by atomic mass is 9.97. The van der Waals surface area contributed by atoms with Crippen LogP contribution in [0, 0.1) is 5.92 Å². The zero-order chi connectivity index (χ0) is 12.2. The second-order valence-corrected chi connectivity index (χ2v) is 5.23. The topological polar surface area (TPSA) is 21.7 Å². The van der Waals surface area contributed by atoms with Gasteiger partial charge in [0.1, 0.15) is 0 Å². The third-order valence-electron chi connectivity index (χ3n) is 3.82. The SMILES string of the molecule is c1ccc(CN2CCCC(C3OCCO3)C2)cc1. The molecule has 0 N–H and O–H groups in total. The van der Waals surface area contributed by atoms with Gasteiger partial charge in [-0.05, 0) is 24.9 Å². The summed E-state index contributed by atoms with van der Waals surface area (Å²) in [5, 5.41) is 0. The van der Waals surface area contributed by atoms with Gasteiger partial charge >= 0.3 is 0 Å². The first kappa shape index (κ1) is 12.2. The van der Waals surface area contributed by atoms with Crippen molar-refractivity contribution in [1.82, 2.24) is 4.90 Å². The summed E-state index contributed by atoms with van der Waals surface area (Å²) in [4.78, 5) is 2.52. The van der Waals surface area contributed by atoms with Gasteiger partial charge in [0, 0.05) is 19.0 Å². The molecule has 1 aromatic rings. The Bertz CT molecular complexity index is 362. The van der Waals surface area contributed by atoms with Gasteiger partial charge in [0.2, 0.25) is 0 Å². The maximum Gasteiger partial charge on any atom is 0.161 e. The first-order valence-electron chi connectivity index (χ1n) is 6.91. The molecule has 18 heavy (non-hydrogen) atoms. The van der Waals surface area contributed by atoms with E-state index in [1.54, 1.807) is 0 Å². The van der Waals surface area contributed by atoms with E-state index in [1.807, 2.05) is 0 Å². The average molecular weight is 247 g/mol. The monoisotopic (exact) mass is 247 g/mol. The summed E-state index contributed by atoms with van der Waals surface area (Å²) in [5.41, 5.74) is 1.39. The molecule has 3 nitrogen and oxygen atoms in total. The molecular weight excluding hydrogens is 226 g/mol. The first-order valence-corrected chi connectivity index (χ1v) is 6.91. The van der Waals surface area contributed by atoms with Gasteiger partial charge in [-0.3, -0.25) is 4.90 Å². The van der Waals surface area contributed by atoms with Crippen molar-refractivity contribution in [2.75, 3.05) is 26.3 Å². The zero-order valence-electron chi connectivity index (χ0n) is 10.8. The summed E-state index contributed by atoms with van der Waals surface area (Å²) >= 11 is 0. The Morgan fingerprint density at radius 2 is 1.89 bits per heavy atom. The molecule has 2 saturated heterocycles. The Balaban J connectivity index is 1.56. The molecule has 1 unspecified atom stereocenters. The number of benzene rings is 1. The maximum atomic E-state index is 5.64. The van der Waals surface area contributed by atoms with Crippen molar-refractivity contribution < 1.29 is 9.47 Å². The molecule has 2 heterocycles. The summed E-state index contributed by atoms with van der Waals surface area (Å²) in [7, 11) is 0. The van der Waals surface area contributed by atoms with Crippen molar-refractivity contribution in [3.05, 3.63) is 35.9 Å². The lowest BCUT2D eigenvalue weighted by Gasteiger charge is -2.34. The van der Waals surface area contributed by atoms with Crippen LogP contribution >= 0.6 is 0 Å². The molecule has 0 radical (unpaired) electrons. The van der Waals surface area contributed by atoms with Gasteiger partial charge < -0.3 is 9.47 Å². The fraction of sp³-hybridized carbons (Fsp3) is 0.600. The van der Waals surface area contributed by atoms with Gasteiger partial charge in [0.25, 0.3) is 0 Å². The number of ether oxygens (including phenoxy) is 2. The van der Waals surface area contributed by atoms with Crippen molar-refractivity contribution >= 4 is 0 Å². The number of hydrogen-bond donors (Lipinski definition) is 0. The molecule has 0 aromatic heterocycles. The van der Waals surface area contributed by atoms with E-state index in [0.29, 0.717) is 5.92 Å². The lowest BCUT2D eigenvalue weighted by Crippen LogP contribution is -2.40. The van der Waals surface area contributed by atoms with Crippen molar-refractivity contribution in [2.45, 2.75) is 25.7 Å². The van der Waals surface area contributed by atoms with Crippen molar-refractivity contribution in [3.63, 3.8) is 0 Å². The quantitative estimate of drug-likeness (QED) is 0.818. The van der Waals surface area contributed by atoms with Gasteiger partial charge in [-0.2, -0.15) is 0 Å². The summed E-state index contributed by atoms with van der Waals surface area (Å²) in [6.45, 7) is 4.86. The molecule has 0 amide bonds. The normalized spacial score (nSPS) is 26.6. The van der Waals surface area contributed by atoms with Crippen LogP contribution in [0.1, 0.15) is 18.4 Å². The van der Waals surface area contributed by atoms with E-state index in [0.717, 1.165) is 26.3 Å². The van der Waals surface area contributed by atoms with E-state index in [-0.39, 0.29) is 6.29 Å². The van der Waals surface area contributed by atoms with E-state index in [2.05, 4.69) is 35.2 Å². The zero-order valence-corrected chi connectivity index (χ0v) is 10.8. The highest BCUT2D eigenvalue weighted by Crippen LogP contribution is 2.25. The molecule has 2 aliphatic heterocycles. The molecular formula is C15H21NO2. The second-order valence-electron chi connectivity index (χ2n) is 5.23. The van der Waals surface area contributed by atoms with Crippen LogP contribution < -0.4 is 0 Å². The lowest BCUT2D eigenvalue weighted by molar-refractivity contribution is -0.101. The van der Waals surface area contributed by atoms with Crippen LogP contribution in [-0.4, -0.2) is 37.5 Å². The first-order chi connectivity index (χ1) is 8.92. The van der Waals surface area contributed by atoms with Crippen molar-refractivity contribution in [2.24, 2.45) is 5.92 Å². The number of likely N-dealkylation sites (tertiary alicyclic amines) is 1. The third kappa shape index (κ3) is 2.91. The maximum absolute atomic E-state index is 5.64. The Hall–Kier alpha value is -0.900. The second kappa shape index (κ2) is 5.83. The highest BCUT2D eigenvalue weighted by Gasteiger charge is 2.30. The Labute approximate surface area is 109 Å². The number of nitrogens with zero attached hydrogens (tertiary/aromatic N) is 1. The van der Waals surface area contributed by atoms with E-state index in [9.17, 15) is 0 Å². The molecule has 0 aliphatic carbocycles. The Morgan fingerprint density at radius 1 is 1.11 bits per heavy atom. The number of piperidine rings is 1. The standard InChI is InChI=1S/C15H21NO2/c1-2-5-13(6-3-1)11-16-8-4-7-14(12-16)15-17-9-10-18-15/h1-3,5-6,14-15H,4,7-12H2. The molecule has 1 atom stereocenters. The van der Waals surface area contributed by atoms with Crippen LogP contribution in [-0.2, 0) is 16.0 Å². The summed E-state index contributed by atoms with van der Waals surface area (Å²) in [6, 6.07) is 10.7. The molecule has 3 rings (SSSR count). The van der Waals surface area contributed by atoms with Crippen molar-refractivity contribution in [3.8, 4) is 0 Å². The summed E-state index contributed by atoms with van der Waals surface area (Å²) in [6.07, 6.45) is 2.53. The smallest absolute Gasteiger partial charge is 0.161 e. The number of rotatable bonds is 3. The molecule has 0 spiro atoms. The van der Waals surface area contributed by atoms with Gasteiger partial charge in [-0.1, -0.05) is 30.3 Å². The minimum atomic E-state index is 0.0450. The van der Waals surface area contributed by atoms with Crippen LogP contribution in [0.25, 0.3) is 0 Å². The van der Waals surface area contributed by atoms with E-state index >= 15 is 0 Å². The molecule has 2 aliphatic rings. The minimum absolute atomic E-state index is 0.0450. The minimum Gasteiger partial charge on any atom is -0.350 e. The molecule has 3 heteroatoms. The fourth-order valence-electron chi connectivity index (χ4n) is 2.95. The van der Waals surface area contributed by atoms with Crippen molar-refractivity contribution in [1.29, 1.82) is 0 Å². The summed E-state index contributed by atoms with van der Waals surface area (Å²) < 4.78 is 11.3. The van der Waals surface area contributed by atoms with E-state index < -0.39 is 0 Å². The van der Waals surface area contributed by atoms with Crippen LogP contribution in [0.5, 0.6) is 0 Å². The molecule has 0 bridgehead atoms. The fourth-order valence-corrected chi connectivity index (χ4v) is 2.95. The Kier molecular flexibility index (Phi) is 3.93. The van der Waals surface area contributed by atoms with E-state index in [4.69, 9.17) is 9.47 Å². The van der Waals surface area contributed by atoms with Gasteiger partial charge in [-0.25, -0.2) is 0 Å². The van der Waals surface area contributed by atoms with Crippen LogP contribution in [0.2, 0.25) is 0 Å². The average Bonchev–Trinajstić information content (AvgIpc) is 2.94. The largest absolute Gasteiger partial charge is 0.350 e. The molecule has 0 saturated carbocycles. The summed E-state index contributed by atoms with van der Waals surface area (Å²) in [5.74, 6) is 0.546. The van der Waals surface area contributed by atoms with Gasteiger partial charge in [-0.15, -0.1) is 0 Å². The highest BCUT2D eigenvalue weighted by atomic mass is 16.7. The molecule has 1 aromatic carbocycles. The number of hydrogen-bond acceptors (Lipinski definition) is 3. The molecule has 98 valence electrons. The Morgan fingerprint density at radius 3 is 2.67 bits per heavy atom. The third-order valence-corrected chi connectivity index (χ3v) is 3.82.